The zero-order chi connectivity index (χ0) is 12.8. The van der Waals surface area contributed by atoms with Crippen LogP contribution in [0.1, 0.15) is 19.8 Å². The molecular formula is C11H12F4O2. The number of halogens is 4. The minimum atomic E-state index is -3.20. The lowest BCUT2D eigenvalue weighted by atomic mass is 10.3. The molecule has 0 saturated heterocycles. The summed E-state index contributed by atoms with van der Waals surface area (Å²) in [7, 11) is 0. The van der Waals surface area contributed by atoms with Crippen LogP contribution in [0.15, 0.2) is 12.1 Å². The summed E-state index contributed by atoms with van der Waals surface area (Å²) < 4.78 is 59.0. The smallest absolute Gasteiger partial charge is 0.387 e. The maximum absolute atomic E-state index is 13.3. The zero-order valence-electron chi connectivity index (χ0n) is 9.18. The normalized spacial score (nSPS) is 10.7. The van der Waals surface area contributed by atoms with E-state index in [2.05, 4.69) is 4.74 Å². The highest BCUT2D eigenvalue weighted by Gasteiger charge is 2.17. The lowest BCUT2D eigenvalue weighted by molar-refractivity contribution is -0.0526. The van der Waals surface area contributed by atoms with Crippen molar-refractivity contribution in [3.8, 4) is 11.5 Å². The molecule has 0 N–H and O–H groups in total. The van der Waals surface area contributed by atoms with Crippen LogP contribution >= 0.6 is 0 Å². The number of alkyl halides is 2. The minimum absolute atomic E-state index is 0.238. The maximum atomic E-state index is 13.3. The summed E-state index contributed by atoms with van der Waals surface area (Å²) in [6.45, 7) is -1.04. The molecule has 0 saturated carbocycles. The van der Waals surface area contributed by atoms with Crippen molar-refractivity contribution < 1.29 is 27.0 Å². The summed E-state index contributed by atoms with van der Waals surface area (Å²) in [6.07, 6.45) is 1.53. The second kappa shape index (κ2) is 6.32. The van der Waals surface area contributed by atoms with E-state index in [0.29, 0.717) is 6.42 Å². The Bertz CT molecular complexity index is 369. The van der Waals surface area contributed by atoms with Crippen LogP contribution in [-0.4, -0.2) is 13.2 Å². The van der Waals surface area contributed by atoms with E-state index in [1.807, 2.05) is 6.92 Å². The molecule has 1 aromatic rings. The molecule has 0 aliphatic rings. The van der Waals surface area contributed by atoms with Gasteiger partial charge in [0.05, 0.1) is 6.61 Å². The topological polar surface area (TPSA) is 18.5 Å². The number of rotatable bonds is 6. The molecule has 6 heteroatoms. The summed E-state index contributed by atoms with van der Waals surface area (Å²) >= 11 is 0. The van der Waals surface area contributed by atoms with Crippen LogP contribution in [0.2, 0.25) is 0 Å². The highest BCUT2D eigenvalue weighted by Crippen LogP contribution is 2.28. The van der Waals surface area contributed by atoms with E-state index in [0.717, 1.165) is 18.6 Å². The predicted octanol–water partition coefficient (Wildman–Crippen LogP) is 3.75. The molecule has 2 nitrogen and oxygen atoms in total. The average Bonchev–Trinajstić information content (AvgIpc) is 2.28. The molecule has 1 aromatic carbocycles. The van der Waals surface area contributed by atoms with Gasteiger partial charge in [-0.1, -0.05) is 13.3 Å². The van der Waals surface area contributed by atoms with Gasteiger partial charge in [-0.05, 0) is 18.6 Å². The fraction of sp³-hybridized carbons (Fsp3) is 0.455. The van der Waals surface area contributed by atoms with Gasteiger partial charge >= 0.3 is 6.61 Å². The third kappa shape index (κ3) is 3.80. The van der Waals surface area contributed by atoms with Gasteiger partial charge in [-0.25, -0.2) is 0 Å². The van der Waals surface area contributed by atoms with Gasteiger partial charge in [-0.3, -0.25) is 0 Å². The molecule has 0 unspecified atom stereocenters. The van der Waals surface area contributed by atoms with Crippen molar-refractivity contribution in [3.05, 3.63) is 23.8 Å². The van der Waals surface area contributed by atoms with Gasteiger partial charge < -0.3 is 9.47 Å². The van der Waals surface area contributed by atoms with Gasteiger partial charge in [0.25, 0.3) is 0 Å². The average molecular weight is 252 g/mol. The van der Waals surface area contributed by atoms with Crippen LogP contribution in [0.3, 0.4) is 0 Å². The lowest BCUT2D eigenvalue weighted by Gasteiger charge is -2.10. The highest BCUT2D eigenvalue weighted by molar-refractivity contribution is 5.35. The first-order valence-corrected chi connectivity index (χ1v) is 5.11. The largest absolute Gasteiger partial charge is 0.490 e. The Hall–Kier alpha value is -1.46. The summed E-state index contributed by atoms with van der Waals surface area (Å²) in [5, 5.41) is 0. The summed E-state index contributed by atoms with van der Waals surface area (Å²) in [4.78, 5) is 0. The molecule has 0 spiro atoms. The van der Waals surface area contributed by atoms with Crippen LogP contribution in [0.4, 0.5) is 17.6 Å². The van der Waals surface area contributed by atoms with Crippen LogP contribution in [0.25, 0.3) is 0 Å². The minimum Gasteiger partial charge on any atom is -0.490 e. The Morgan fingerprint density at radius 1 is 1.12 bits per heavy atom. The first-order chi connectivity index (χ1) is 8.06. The molecule has 96 valence electrons. The van der Waals surface area contributed by atoms with Gasteiger partial charge in [-0.15, -0.1) is 0 Å². The Kier molecular flexibility index (Phi) is 5.06. The van der Waals surface area contributed by atoms with Crippen molar-refractivity contribution in [1.82, 2.24) is 0 Å². The molecule has 0 radical (unpaired) electrons. The number of unbranched alkanes of at least 4 members (excludes halogenated alkanes) is 1. The van der Waals surface area contributed by atoms with Gasteiger partial charge in [0.15, 0.2) is 11.5 Å². The molecule has 0 aromatic heterocycles. The number of hydrogen-bond acceptors (Lipinski definition) is 2. The Balaban J connectivity index is 2.79. The standard InChI is InChI=1S/C11H12F4O2/c1-2-3-6-16-7-4-5-8(17-11(14)15)10(13)9(7)12/h4-5,11H,2-3,6H2,1H3. The van der Waals surface area contributed by atoms with Gasteiger partial charge in [0.2, 0.25) is 11.6 Å². The van der Waals surface area contributed by atoms with E-state index in [9.17, 15) is 17.6 Å². The molecule has 0 atom stereocenters. The van der Waals surface area contributed by atoms with Crippen molar-refractivity contribution in [2.75, 3.05) is 6.61 Å². The molecule has 0 aliphatic heterocycles. The Labute approximate surface area is 96.1 Å². The van der Waals surface area contributed by atoms with E-state index >= 15 is 0 Å². The Morgan fingerprint density at radius 3 is 2.29 bits per heavy atom. The molecule has 17 heavy (non-hydrogen) atoms. The van der Waals surface area contributed by atoms with Crippen LogP contribution in [0, 0.1) is 11.6 Å². The van der Waals surface area contributed by atoms with Crippen molar-refractivity contribution in [2.45, 2.75) is 26.4 Å². The van der Waals surface area contributed by atoms with E-state index < -0.39 is 24.0 Å². The van der Waals surface area contributed by atoms with Crippen molar-refractivity contribution in [3.63, 3.8) is 0 Å². The van der Waals surface area contributed by atoms with Gasteiger partial charge in [-0.2, -0.15) is 17.6 Å². The monoisotopic (exact) mass is 252 g/mol. The second-order valence-corrected chi connectivity index (χ2v) is 3.27. The molecule has 1 rings (SSSR count). The van der Waals surface area contributed by atoms with Crippen LogP contribution < -0.4 is 9.47 Å². The van der Waals surface area contributed by atoms with E-state index in [1.165, 1.54) is 0 Å². The fourth-order valence-electron chi connectivity index (χ4n) is 1.14. The van der Waals surface area contributed by atoms with Crippen molar-refractivity contribution in [1.29, 1.82) is 0 Å². The van der Waals surface area contributed by atoms with Gasteiger partial charge in [0.1, 0.15) is 0 Å². The lowest BCUT2D eigenvalue weighted by Crippen LogP contribution is -2.06. The van der Waals surface area contributed by atoms with E-state index in [1.54, 1.807) is 0 Å². The second-order valence-electron chi connectivity index (χ2n) is 3.27. The van der Waals surface area contributed by atoms with Crippen LogP contribution in [0.5, 0.6) is 11.5 Å². The number of hydrogen-bond donors (Lipinski definition) is 0. The molecule has 0 amide bonds. The third-order valence-corrected chi connectivity index (χ3v) is 1.98. The first kappa shape index (κ1) is 13.6. The van der Waals surface area contributed by atoms with Crippen molar-refractivity contribution in [2.24, 2.45) is 0 Å². The third-order valence-electron chi connectivity index (χ3n) is 1.98. The molecule has 0 bridgehead atoms. The molecular weight excluding hydrogens is 240 g/mol. The van der Waals surface area contributed by atoms with E-state index in [-0.39, 0.29) is 12.4 Å². The summed E-state index contributed by atoms with van der Waals surface area (Å²) in [5.41, 5.74) is 0. The Morgan fingerprint density at radius 2 is 1.71 bits per heavy atom. The summed E-state index contributed by atoms with van der Waals surface area (Å²) in [6, 6.07) is 1.97. The quantitative estimate of drug-likeness (QED) is 0.567. The summed E-state index contributed by atoms with van der Waals surface area (Å²) in [5.74, 6) is -3.93. The van der Waals surface area contributed by atoms with Gasteiger partial charge in [0, 0.05) is 0 Å². The van der Waals surface area contributed by atoms with Crippen molar-refractivity contribution >= 4 is 0 Å². The number of ether oxygens (including phenoxy) is 2. The highest BCUT2D eigenvalue weighted by atomic mass is 19.3. The molecule has 0 fully saturated rings. The number of benzene rings is 1. The van der Waals surface area contributed by atoms with E-state index in [4.69, 9.17) is 4.74 Å². The SMILES string of the molecule is CCCCOc1ccc(OC(F)F)c(F)c1F. The maximum Gasteiger partial charge on any atom is 0.387 e. The fourth-order valence-corrected chi connectivity index (χ4v) is 1.14. The molecule has 0 heterocycles. The zero-order valence-corrected chi connectivity index (χ0v) is 9.18. The van der Waals surface area contributed by atoms with Crippen LogP contribution in [-0.2, 0) is 0 Å². The first-order valence-electron chi connectivity index (χ1n) is 5.11. The predicted molar refractivity (Wildman–Crippen MR) is 53.4 cm³/mol. The molecule has 0 aliphatic carbocycles.